The predicted molar refractivity (Wildman–Crippen MR) is 66.6 cm³/mol. The first-order chi connectivity index (χ1) is 6.88. The number of aryl methyl sites for hydroxylation is 1. The first kappa shape index (κ1) is 12.7. The van der Waals surface area contributed by atoms with Gasteiger partial charge in [-0.05, 0) is 44.9 Å². The van der Waals surface area contributed by atoms with Gasteiger partial charge in [0.15, 0.2) is 0 Å². The molecule has 0 heterocycles. The molecule has 0 aromatic heterocycles. The lowest BCUT2D eigenvalue weighted by atomic mass is 10.1. The average Bonchev–Trinajstić information content (AvgIpc) is 2.09. The molecule has 0 bridgehead atoms. The quantitative estimate of drug-likeness (QED) is 0.849. The molecule has 0 fully saturated rings. The van der Waals surface area contributed by atoms with Crippen molar-refractivity contribution in [2.24, 2.45) is 0 Å². The van der Waals surface area contributed by atoms with Crippen molar-refractivity contribution in [1.82, 2.24) is 5.48 Å². The topological polar surface area (TPSA) is 21.3 Å². The molecule has 0 saturated carbocycles. The molecule has 0 radical (unpaired) electrons. The van der Waals surface area contributed by atoms with E-state index >= 15 is 0 Å². The number of nitrogens with one attached hydrogen (secondary N) is 1. The van der Waals surface area contributed by atoms with Crippen LogP contribution in [0.15, 0.2) is 22.7 Å². The van der Waals surface area contributed by atoms with Gasteiger partial charge in [-0.2, -0.15) is 5.48 Å². The van der Waals surface area contributed by atoms with Crippen molar-refractivity contribution in [3.8, 4) is 0 Å². The van der Waals surface area contributed by atoms with Crippen LogP contribution < -0.4 is 5.48 Å². The molecule has 0 aliphatic rings. The monoisotopic (exact) mass is 271 g/mol. The van der Waals surface area contributed by atoms with Gasteiger partial charge in [0.1, 0.15) is 0 Å². The summed E-state index contributed by atoms with van der Waals surface area (Å²) in [6, 6.07) is 6.28. The van der Waals surface area contributed by atoms with Gasteiger partial charge in [0, 0.05) is 11.0 Å². The van der Waals surface area contributed by atoms with Gasteiger partial charge in [-0.3, -0.25) is 4.84 Å². The van der Waals surface area contributed by atoms with E-state index in [2.05, 4.69) is 46.5 Å². The van der Waals surface area contributed by atoms with Crippen LogP contribution in [0.3, 0.4) is 0 Å². The minimum atomic E-state index is -0.148. The molecule has 1 rings (SSSR count). The van der Waals surface area contributed by atoms with E-state index in [1.54, 1.807) is 0 Å². The fourth-order valence-corrected chi connectivity index (χ4v) is 1.40. The molecular weight excluding hydrogens is 254 g/mol. The summed E-state index contributed by atoms with van der Waals surface area (Å²) in [4.78, 5) is 5.44. The summed E-state index contributed by atoms with van der Waals surface area (Å²) in [6.07, 6.45) is 0. The van der Waals surface area contributed by atoms with Crippen molar-refractivity contribution in [2.45, 2.75) is 39.8 Å². The highest BCUT2D eigenvalue weighted by Crippen LogP contribution is 2.17. The molecule has 1 aromatic rings. The van der Waals surface area contributed by atoms with Gasteiger partial charge in [-0.25, -0.2) is 0 Å². The smallest absolute Gasteiger partial charge is 0.0813 e. The molecule has 84 valence electrons. The highest BCUT2D eigenvalue weighted by atomic mass is 79.9. The zero-order chi connectivity index (χ0) is 11.5. The van der Waals surface area contributed by atoms with Crippen molar-refractivity contribution >= 4 is 15.9 Å². The van der Waals surface area contributed by atoms with Crippen molar-refractivity contribution in [2.75, 3.05) is 0 Å². The molecule has 0 saturated heterocycles. The molecule has 3 heteroatoms. The molecule has 0 atom stereocenters. The second-order valence-corrected chi connectivity index (χ2v) is 5.47. The van der Waals surface area contributed by atoms with Crippen LogP contribution in [-0.2, 0) is 11.4 Å². The molecule has 0 aliphatic carbocycles. The second-order valence-electron chi connectivity index (χ2n) is 4.62. The van der Waals surface area contributed by atoms with E-state index in [-0.39, 0.29) is 5.60 Å². The van der Waals surface area contributed by atoms with Crippen LogP contribution in [0.4, 0.5) is 0 Å². The van der Waals surface area contributed by atoms with Crippen LogP contribution in [-0.4, -0.2) is 5.60 Å². The van der Waals surface area contributed by atoms with Crippen molar-refractivity contribution < 1.29 is 4.84 Å². The molecule has 0 aliphatic heterocycles. The number of hydrogen-bond acceptors (Lipinski definition) is 2. The van der Waals surface area contributed by atoms with Gasteiger partial charge in [0.25, 0.3) is 0 Å². The van der Waals surface area contributed by atoms with Crippen molar-refractivity contribution in [1.29, 1.82) is 0 Å². The average molecular weight is 272 g/mol. The fourth-order valence-electron chi connectivity index (χ4n) is 1.15. The molecule has 1 N–H and O–H groups in total. The van der Waals surface area contributed by atoms with Gasteiger partial charge in [0.2, 0.25) is 0 Å². The summed E-state index contributed by atoms with van der Waals surface area (Å²) in [7, 11) is 0. The van der Waals surface area contributed by atoms with Crippen LogP contribution in [0.5, 0.6) is 0 Å². The van der Waals surface area contributed by atoms with E-state index in [1.165, 1.54) is 11.1 Å². The normalized spacial score (nSPS) is 11.8. The number of rotatable bonds is 3. The van der Waals surface area contributed by atoms with Crippen LogP contribution in [0.2, 0.25) is 0 Å². The van der Waals surface area contributed by atoms with E-state index in [4.69, 9.17) is 4.84 Å². The first-order valence-electron chi connectivity index (χ1n) is 5.04. The Hall–Kier alpha value is -0.380. The lowest BCUT2D eigenvalue weighted by Crippen LogP contribution is -2.28. The van der Waals surface area contributed by atoms with Gasteiger partial charge >= 0.3 is 0 Å². The third-order valence-electron chi connectivity index (χ3n) is 1.88. The zero-order valence-electron chi connectivity index (χ0n) is 9.73. The van der Waals surface area contributed by atoms with E-state index in [1.807, 2.05) is 20.8 Å². The minimum absolute atomic E-state index is 0.148. The summed E-state index contributed by atoms with van der Waals surface area (Å²) in [5, 5.41) is 0. The number of halogens is 1. The predicted octanol–water partition coefficient (Wildman–Crippen LogP) is 3.58. The lowest BCUT2D eigenvalue weighted by molar-refractivity contribution is -0.0757. The van der Waals surface area contributed by atoms with Gasteiger partial charge in [-0.15, -0.1) is 0 Å². The molecule has 1 aromatic carbocycles. The number of hydrogen-bond donors (Lipinski definition) is 1. The van der Waals surface area contributed by atoms with Gasteiger partial charge < -0.3 is 0 Å². The molecular formula is C12H18BrNO. The molecule has 0 spiro atoms. The fraction of sp³-hybridized carbons (Fsp3) is 0.500. The van der Waals surface area contributed by atoms with E-state index in [0.29, 0.717) is 0 Å². The summed E-state index contributed by atoms with van der Waals surface area (Å²) < 4.78 is 1.14. The zero-order valence-corrected chi connectivity index (χ0v) is 11.3. The van der Waals surface area contributed by atoms with Crippen LogP contribution >= 0.6 is 15.9 Å². The Morgan fingerprint density at radius 2 is 2.00 bits per heavy atom. The van der Waals surface area contributed by atoms with Crippen LogP contribution in [0, 0.1) is 6.92 Å². The van der Waals surface area contributed by atoms with Crippen LogP contribution in [0.1, 0.15) is 31.9 Å². The standard InChI is InChI=1S/C12H18BrNO/c1-9-7-10(5-6-11(9)13)8-14-15-12(2,3)4/h5-7,14H,8H2,1-4H3. The highest BCUT2D eigenvalue weighted by molar-refractivity contribution is 9.10. The van der Waals surface area contributed by atoms with E-state index in [0.717, 1.165) is 11.0 Å². The van der Waals surface area contributed by atoms with Crippen LogP contribution in [0.25, 0.3) is 0 Å². The first-order valence-corrected chi connectivity index (χ1v) is 5.84. The number of hydroxylamine groups is 1. The SMILES string of the molecule is Cc1cc(CNOC(C)(C)C)ccc1Br. The Morgan fingerprint density at radius 1 is 1.33 bits per heavy atom. The van der Waals surface area contributed by atoms with Crippen molar-refractivity contribution in [3.63, 3.8) is 0 Å². The largest absolute Gasteiger partial charge is 0.296 e. The maximum atomic E-state index is 5.44. The Labute approximate surface area is 100 Å². The summed E-state index contributed by atoms with van der Waals surface area (Å²) >= 11 is 3.48. The molecule has 0 unspecified atom stereocenters. The minimum Gasteiger partial charge on any atom is -0.296 e. The molecule has 2 nitrogen and oxygen atoms in total. The van der Waals surface area contributed by atoms with Gasteiger partial charge in [0.05, 0.1) is 5.60 Å². The maximum Gasteiger partial charge on any atom is 0.0813 e. The Morgan fingerprint density at radius 3 is 2.53 bits per heavy atom. The Bertz CT molecular complexity index is 331. The third kappa shape index (κ3) is 4.78. The molecule has 0 amide bonds. The Kier molecular flexibility index (Phi) is 4.32. The lowest BCUT2D eigenvalue weighted by Gasteiger charge is -2.19. The summed E-state index contributed by atoms with van der Waals surface area (Å²) in [6.45, 7) is 8.87. The number of benzene rings is 1. The second kappa shape index (κ2) is 5.10. The summed E-state index contributed by atoms with van der Waals surface area (Å²) in [5.74, 6) is 0. The third-order valence-corrected chi connectivity index (χ3v) is 2.77. The van der Waals surface area contributed by atoms with Crippen molar-refractivity contribution in [3.05, 3.63) is 33.8 Å². The summed E-state index contributed by atoms with van der Waals surface area (Å²) in [5.41, 5.74) is 5.29. The van der Waals surface area contributed by atoms with Gasteiger partial charge in [-0.1, -0.05) is 28.1 Å². The Balaban J connectivity index is 2.48. The molecule has 15 heavy (non-hydrogen) atoms. The van der Waals surface area contributed by atoms with E-state index in [9.17, 15) is 0 Å². The van der Waals surface area contributed by atoms with E-state index < -0.39 is 0 Å². The maximum absolute atomic E-state index is 5.44. The highest BCUT2D eigenvalue weighted by Gasteiger charge is 2.09.